The van der Waals surface area contributed by atoms with E-state index in [9.17, 15) is 25.2 Å². The van der Waals surface area contributed by atoms with E-state index in [2.05, 4.69) is 55.6 Å². The molecule has 0 fully saturated rings. The van der Waals surface area contributed by atoms with Crippen molar-refractivity contribution in [2.75, 3.05) is 6.61 Å². The molecule has 0 spiro atoms. The molecule has 0 bridgehead atoms. The van der Waals surface area contributed by atoms with Crippen molar-refractivity contribution in [3.63, 3.8) is 0 Å². The van der Waals surface area contributed by atoms with E-state index >= 15 is 0 Å². The van der Waals surface area contributed by atoms with Gasteiger partial charge in [0.25, 0.3) is 0 Å². The van der Waals surface area contributed by atoms with E-state index in [0.717, 1.165) is 38.5 Å². The van der Waals surface area contributed by atoms with E-state index < -0.39 is 36.9 Å². The van der Waals surface area contributed by atoms with E-state index in [-0.39, 0.29) is 0 Å². The SMILES string of the molecule is CCCCCCCCCCCCCC/C=C\CCCCCCCCCCC(O)C(=O)NC(CO)C(O)C(O)CCC/C=C/CC/C=C/CCCCCCCCCCCCCC. The molecule has 0 saturated heterocycles. The number of aliphatic hydroxyl groups is 4. The van der Waals surface area contributed by atoms with Crippen molar-refractivity contribution in [2.24, 2.45) is 0 Å². The van der Waals surface area contributed by atoms with Crippen LogP contribution in [0.1, 0.15) is 277 Å². The van der Waals surface area contributed by atoms with Gasteiger partial charge in [0.05, 0.1) is 18.8 Å². The van der Waals surface area contributed by atoms with Crippen LogP contribution in [0.25, 0.3) is 0 Å². The number of amides is 1. The highest BCUT2D eigenvalue weighted by molar-refractivity contribution is 5.80. The lowest BCUT2D eigenvalue weighted by Gasteiger charge is -2.27. The Balaban J connectivity index is 3.71. The van der Waals surface area contributed by atoms with Crippen molar-refractivity contribution in [3.8, 4) is 0 Å². The minimum Gasteiger partial charge on any atom is -0.394 e. The fourth-order valence-electron chi connectivity index (χ4n) is 8.30. The molecule has 1 amide bonds. The van der Waals surface area contributed by atoms with Gasteiger partial charge in [-0.1, -0.05) is 237 Å². The van der Waals surface area contributed by atoms with Crippen molar-refractivity contribution in [1.82, 2.24) is 5.32 Å². The van der Waals surface area contributed by atoms with Crippen LogP contribution in [0.5, 0.6) is 0 Å². The largest absolute Gasteiger partial charge is 0.394 e. The summed E-state index contributed by atoms with van der Waals surface area (Å²) in [5, 5.41) is 43.9. The van der Waals surface area contributed by atoms with Gasteiger partial charge in [-0.05, 0) is 77.0 Å². The third kappa shape index (κ3) is 43.6. The lowest BCUT2D eigenvalue weighted by Crippen LogP contribution is -2.53. The second-order valence-electron chi connectivity index (χ2n) is 18.6. The quantitative estimate of drug-likeness (QED) is 0.0309. The molecule has 4 unspecified atom stereocenters. The lowest BCUT2D eigenvalue weighted by atomic mass is 10.00. The van der Waals surface area contributed by atoms with Crippen molar-refractivity contribution >= 4 is 5.91 Å². The predicted octanol–water partition coefficient (Wildman–Crippen LogP) is 15.2. The van der Waals surface area contributed by atoms with Gasteiger partial charge in [-0.2, -0.15) is 0 Å². The Morgan fingerprint density at radius 3 is 1.03 bits per heavy atom. The van der Waals surface area contributed by atoms with Gasteiger partial charge in [0, 0.05) is 0 Å². The third-order valence-corrected chi connectivity index (χ3v) is 12.6. The highest BCUT2D eigenvalue weighted by Crippen LogP contribution is 2.16. The van der Waals surface area contributed by atoms with Crippen LogP contribution < -0.4 is 5.32 Å². The molecule has 4 atom stereocenters. The summed E-state index contributed by atoms with van der Waals surface area (Å²) in [6.07, 6.45) is 60.6. The summed E-state index contributed by atoms with van der Waals surface area (Å²) in [5.74, 6) is -0.598. The number of carbonyl (C=O) groups is 1. The van der Waals surface area contributed by atoms with Crippen LogP contribution in [0.2, 0.25) is 0 Å². The molecule has 6 nitrogen and oxygen atoms in total. The first-order chi connectivity index (χ1) is 30.0. The molecular formula is C55H105NO5. The molecule has 0 aliphatic carbocycles. The number of allylic oxidation sites excluding steroid dienone is 6. The molecule has 61 heavy (non-hydrogen) atoms. The van der Waals surface area contributed by atoms with Crippen LogP contribution in [-0.2, 0) is 4.79 Å². The molecular weight excluding hydrogens is 755 g/mol. The molecule has 0 radical (unpaired) electrons. The Morgan fingerprint density at radius 1 is 0.393 bits per heavy atom. The van der Waals surface area contributed by atoms with E-state index in [1.54, 1.807) is 0 Å². The first-order valence-electron chi connectivity index (χ1n) is 26.9. The standard InChI is InChI=1S/C55H105NO5/c1-3-5-7-9-11-13-15-17-19-21-23-25-26-27-29-31-33-35-37-39-41-43-45-47-49-53(59)55(61)56-51(50-57)54(60)52(58)48-46-44-42-40-38-36-34-32-30-28-24-22-20-18-16-14-12-10-8-6-4-2/h27,29,32,34,40,42,51-54,57-60H,3-26,28,30-31,33,35-39,41,43-50H2,1-2H3,(H,56,61)/b29-27-,34-32+,42-40+. The molecule has 0 aliphatic rings. The van der Waals surface area contributed by atoms with Gasteiger partial charge in [0.2, 0.25) is 5.91 Å². The van der Waals surface area contributed by atoms with Gasteiger partial charge in [-0.3, -0.25) is 4.79 Å². The van der Waals surface area contributed by atoms with Gasteiger partial charge in [0.1, 0.15) is 12.2 Å². The van der Waals surface area contributed by atoms with Crippen LogP contribution in [0.4, 0.5) is 0 Å². The zero-order valence-corrected chi connectivity index (χ0v) is 40.7. The number of nitrogens with one attached hydrogen (secondary N) is 1. The minimum absolute atomic E-state index is 0.357. The summed E-state index contributed by atoms with van der Waals surface area (Å²) < 4.78 is 0. The molecule has 360 valence electrons. The molecule has 0 rings (SSSR count). The Hall–Kier alpha value is -1.47. The van der Waals surface area contributed by atoms with Crippen LogP contribution in [0, 0.1) is 0 Å². The normalized spacial score (nSPS) is 14.1. The van der Waals surface area contributed by atoms with Crippen molar-refractivity contribution in [2.45, 2.75) is 301 Å². The first-order valence-corrected chi connectivity index (χ1v) is 26.9. The molecule has 0 aromatic heterocycles. The molecule has 0 aromatic carbocycles. The maximum Gasteiger partial charge on any atom is 0.249 e. The highest BCUT2D eigenvalue weighted by atomic mass is 16.3. The molecule has 6 heteroatoms. The number of rotatable bonds is 49. The Kier molecular flexibility index (Phi) is 48.3. The fourth-order valence-corrected chi connectivity index (χ4v) is 8.30. The van der Waals surface area contributed by atoms with Crippen LogP contribution >= 0.6 is 0 Å². The number of hydrogen-bond donors (Lipinski definition) is 5. The summed E-state index contributed by atoms with van der Waals surface area (Å²) in [4.78, 5) is 12.6. The topological polar surface area (TPSA) is 110 Å². The summed E-state index contributed by atoms with van der Waals surface area (Å²) >= 11 is 0. The van der Waals surface area contributed by atoms with Crippen molar-refractivity contribution < 1.29 is 25.2 Å². The van der Waals surface area contributed by atoms with Crippen LogP contribution in [0.15, 0.2) is 36.5 Å². The van der Waals surface area contributed by atoms with Gasteiger partial charge >= 0.3 is 0 Å². The number of hydrogen-bond acceptors (Lipinski definition) is 5. The van der Waals surface area contributed by atoms with Gasteiger partial charge in [-0.15, -0.1) is 0 Å². The minimum atomic E-state index is -1.29. The van der Waals surface area contributed by atoms with Crippen molar-refractivity contribution in [1.29, 1.82) is 0 Å². The monoisotopic (exact) mass is 860 g/mol. The summed E-state index contributed by atoms with van der Waals surface area (Å²) in [7, 11) is 0. The van der Waals surface area contributed by atoms with E-state index in [1.807, 2.05) is 0 Å². The zero-order chi connectivity index (χ0) is 44.5. The van der Waals surface area contributed by atoms with E-state index in [1.165, 1.54) is 205 Å². The van der Waals surface area contributed by atoms with E-state index in [4.69, 9.17) is 0 Å². The summed E-state index contributed by atoms with van der Waals surface area (Å²) in [6, 6.07) is -1.01. The van der Waals surface area contributed by atoms with Crippen LogP contribution in [0.3, 0.4) is 0 Å². The Labute approximate surface area is 379 Å². The zero-order valence-electron chi connectivity index (χ0n) is 40.7. The number of aliphatic hydroxyl groups excluding tert-OH is 4. The predicted molar refractivity (Wildman–Crippen MR) is 265 cm³/mol. The van der Waals surface area contributed by atoms with Gasteiger partial charge in [-0.25, -0.2) is 0 Å². The van der Waals surface area contributed by atoms with Crippen molar-refractivity contribution in [3.05, 3.63) is 36.5 Å². The second-order valence-corrected chi connectivity index (χ2v) is 18.6. The molecule has 0 heterocycles. The van der Waals surface area contributed by atoms with Crippen LogP contribution in [-0.4, -0.2) is 57.3 Å². The molecule has 0 saturated carbocycles. The molecule has 0 aromatic rings. The summed E-state index contributed by atoms with van der Waals surface area (Å²) in [6.45, 7) is 4.06. The lowest BCUT2D eigenvalue weighted by molar-refractivity contribution is -0.132. The Bertz CT molecular complexity index is 966. The van der Waals surface area contributed by atoms with Gasteiger partial charge < -0.3 is 25.7 Å². The van der Waals surface area contributed by atoms with E-state index in [0.29, 0.717) is 19.3 Å². The third-order valence-electron chi connectivity index (χ3n) is 12.6. The average molecular weight is 860 g/mol. The number of carbonyl (C=O) groups excluding carboxylic acids is 1. The highest BCUT2D eigenvalue weighted by Gasteiger charge is 2.28. The smallest absolute Gasteiger partial charge is 0.249 e. The fraction of sp³-hybridized carbons (Fsp3) is 0.873. The van der Waals surface area contributed by atoms with Gasteiger partial charge in [0.15, 0.2) is 0 Å². The molecule has 0 aliphatic heterocycles. The first kappa shape index (κ1) is 59.5. The Morgan fingerprint density at radius 2 is 0.689 bits per heavy atom. The second kappa shape index (κ2) is 49.5. The maximum absolute atomic E-state index is 12.6. The molecule has 5 N–H and O–H groups in total. The number of unbranched alkanes of at least 4 members (excludes halogenated alkanes) is 34. The summed E-state index contributed by atoms with van der Waals surface area (Å²) in [5.41, 5.74) is 0. The maximum atomic E-state index is 12.6. The average Bonchev–Trinajstić information content (AvgIpc) is 3.26.